The van der Waals surface area contributed by atoms with Crippen LogP contribution in [0.5, 0.6) is 5.75 Å². The Balaban J connectivity index is 1.56. The Hall–Kier alpha value is -4.90. The van der Waals surface area contributed by atoms with Crippen LogP contribution in [0, 0.1) is 5.82 Å². The van der Waals surface area contributed by atoms with Gasteiger partial charge in [-0.1, -0.05) is 24.3 Å². The Kier molecular flexibility index (Phi) is 6.90. The first-order chi connectivity index (χ1) is 18.8. The summed E-state index contributed by atoms with van der Waals surface area (Å²) in [6, 6.07) is 13.9. The first kappa shape index (κ1) is 25.7. The zero-order chi connectivity index (χ0) is 27.7. The smallest absolute Gasteiger partial charge is 0.267 e. The monoisotopic (exact) mass is 530 g/mol. The molecule has 0 atom stereocenters. The molecule has 2 aromatic heterocycles. The molecular formula is C28H23FN4O6. The molecule has 0 radical (unpaired) electrons. The molecule has 5 rings (SSSR count). The van der Waals surface area contributed by atoms with E-state index in [1.165, 1.54) is 22.9 Å². The lowest BCUT2D eigenvalue weighted by Gasteiger charge is -2.18. The van der Waals surface area contributed by atoms with Gasteiger partial charge in [-0.05, 0) is 47.9 Å². The third-order valence-corrected chi connectivity index (χ3v) is 6.51. The summed E-state index contributed by atoms with van der Waals surface area (Å²) in [6.07, 6.45) is 1.81. The number of carbonyl (C=O) groups excluding carboxylic acids is 3. The van der Waals surface area contributed by atoms with Crippen molar-refractivity contribution in [3.05, 3.63) is 105 Å². The molecule has 0 fully saturated rings. The van der Waals surface area contributed by atoms with E-state index < -0.39 is 34.6 Å². The molecule has 11 heteroatoms. The topological polar surface area (TPSA) is 142 Å². The molecule has 0 bridgehead atoms. The highest BCUT2D eigenvalue weighted by molar-refractivity contribution is 6.21. The molecule has 39 heavy (non-hydrogen) atoms. The van der Waals surface area contributed by atoms with Crippen LogP contribution in [-0.4, -0.2) is 62.1 Å². The molecule has 198 valence electrons. The summed E-state index contributed by atoms with van der Waals surface area (Å²) < 4.78 is 14.5. The van der Waals surface area contributed by atoms with E-state index in [9.17, 15) is 28.7 Å². The summed E-state index contributed by atoms with van der Waals surface area (Å²) in [5.74, 6) is -2.91. The molecule has 0 saturated heterocycles. The summed E-state index contributed by atoms with van der Waals surface area (Å²) in [6.45, 7) is -0.872. The van der Waals surface area contributed by atoms with E-state index >= 15 is 0 Å². The van der Waals surface area contributed by atoms with Crippen LogP contribution in [0.1, 0.15) is 42.2 Å². The molecule has 1 aliphatic rings. The van der Waals surface area contributed by atoms with Gasteiger partial charge in [-0.15, -0.1) is 0 Å². The minimum atomic E-state index is -0.903. The molecular weight excluding hydrogens is 507 g/mol. The lowest BCUT2D eigenvalue weighted by Crippen LogP contribution is -2.38. The van der Waals surface area contributed by atoms with Crippen LogP contribution in [0.15, 0.2) is 65.6 Å². The van der Waals surface area contributed by atoms with Crippen molar-refractivity contribution in [2.75, 3.05) is 19.7 Å². The van der Waals surface area contributed by atoms with Gasteiger partial charge in [0.25, 0.3) is 23.3 Å². The summed E-state index contributed by atoms with van der Waals surface area (Å²) >= 11 is 0. The summed E-state index contributed by atoms with van der Waals surface area (Å²) in [4.78, 5) is 57.3. The van der Waals surface area contributed by atoms with Gasteiger partial charge < -0.3 is 20.1 Å². The number of benzene rings is 2. The molecule has 0 spiro atoms. The Morgan fingerprint density at radius 2 is 1.62 bits per heavy atom. The zero-order valence-corrected chi connectivity index (χ0v) is 20.6. The third-order valence-electron chi connectivity index (χ3n) is 6.51. The van der Waals surface area contributed by atoms with Gasteiger partial charge in [0.15, 0.2) is 5.75 Å². The Morgan fingerprint density at radius 3 is 2.26 bits per heavy atom. The van der Waals surface area contributed by atoms with Crippen molar-refractivity contribution < 1.29 is 29.0 Å². The summed E-state index contributed by atoms with van der Waals surface area (Å²) in [7, 11) is 0. The molecule has 3 N–H and O–H groups in total. The molecule has 4 aromatic rings. The van der Waals surface area contributed by atoms with Crippen LogP contribution in [0.4, 0.5) is 4.39 Å². The normalized spacial score (nSPS) is 12.7. The number of imide groups is 1. The number of pyridine rings is 2. The number of aliphatic hydroxyl groups is 1. The van der Waals surface area contributed by atoms with Gasteiger partial charge in [0, 0.05) is 25.8 Å². The van der Waals surface area contributed by atoms with Gasteiger partial charge in [-0.2, -0.15) is 0 Å². The molecule has 3 amide bonds. The Bertz CT molecular complexity index is 1650. The van der Waals surface area contributed by atoms with Crippen LogP contribution in [-0.2, 0) is 13.0 Å². The fraction of sp³-hybridized carbons (Fsp3) is 0.179. The third kappa shape index (κ3) is 4.75. The van der Waals surface area contributed by atoms with E-state index in [1.54, 1.807) is 42.5 Å². The van der Waals surface area contributed by atoms with E-state index in [0.717, 1.165) is 10.5 Å². The van der Waals surface area contributed by atoms with E-state index in [4.69, 9.17) is 5.11 Å². The molecule has 0 saturated carbocycles. The molecule has 2 aromatic carbocycles. The largest absolute Gasteiger partial charge is 0.505 e. The maximum atomic E-state index is 13.5. The number of hydrogen-bond donors (Lipinski definition) is 3. The van der Waals surface area contributed by atoms with E-state index in [2.05, 4.69) is 10.3 Å². The van der Waals surface area contributed by atoms with Crippen molar-refractivity contribution in [1.82, 2.24) is 19.8 Å². The number of nitrogens with one attached hydrogen (secondary N) is 1. The Labute approximate surface area is 221 Å². The molecule has 1 aliphatic heterocycles. The number of fused-ring (bicyclic) bond motifs is 2. The quantitative estimate of drug-likeness (QED) is 0.295. The molecule has 0 aliphatic carbocycles. The number of aromatic nitrogens is 2. The highest BCUT2D eigenvalue weighted by atomic mass is 19.1. The minimum absolute atomic E-state index is 0.0334. The van der Waals surface area contributed by atoms with Crippen LogP contribution < -0.4 is 10.9 Å². The number of amides is 3. The maximum Gasteiger partial charge on any atom is 0.267 e. The predicted octanol–water partition coefficient (Wildman–Crippen LogP) is 1.85. The summed E-state index contributed by atoms with van der Waals surface area (Å²) in [5, 5.41) is 22.3. The number of nitrogens with zero attached hydrogens (tertiary/aromatic N) is 3. The van der Waals surface area contributed by atoms with Crippen LogP contribution >= 0.6 is 0 Å². The van der Waals surface area contributed by atoms with Gasteiger partial charge in [0.05, 0.1) is 23.3 Å². The average Bonchev–Trinajstić information content (AvgIpc) is 3.18. The van der Waals surface area contributed by atoms with E-state index in [0.29, 0.717) is 12.0 Å². The predicted molar refractivity (Wildman–Crippen MR) is 138 cm³/mol. The number of aromatic hydroxyl groups is 1. The lowest BCUT2D eigenvalue weighted by atomic mass is 10.1. The number of rotatable bonds is 8. The molecule has 10 nitrogen and oxygen atoms in total. The fourth-order valence-corrected chi connectivity index (χ4v) is 4.61. The standard InChI is InChI=1S/C28H23FN4O6/c29-18-7-5-16(6-8-18)13-17-14-21-23(31-15-17)24(35)22(25(36)30-9-12-34)28(39)32(21)10-11-33-26(37)19-3-1-2-4-20(19)27(33)38/h1-8,14-15,34-35H,9-13H2,(H,30,36). The van der Waals surface area contributed by atoms with Crippen LogP contribution in [0.25, 0.3) is 11.0 Å². The SMILES string of the molecule is O=C(NCCO)c1c(O)c2ncc(Cc3ccc(F)cc3)cc2n(CCN2C(=O)c3ccccc3C2=O)c1=O. The van der Waals surface area contributed by atoms with Gasteiger partial charge >= 0.3 is 0 Å². The van der Waals surface area contributed by atoms with Crippen LogP contribution in [0.2, 0.25) is 0 Å². The van der Waals surface area contributed by atoms with Gasteiger partial charge in [-0.25, -0.2) is 4.39 Å². The number of carbonyl (C=O) groups is 3. The highest BCUT2D eigenvalue weighted by Crippen LogP contribution is 2.27. The van der Waals surface area contributed by atoms with Crippen LogP contribution in [0.3, 0.4) is 0 Å². The molecule has 0 unspecified atom stereocenters. The first-order valence-corrected chi connectivity index (χ1v) is 12.1. The van der Waals surface area contributed by atoms with Crippen molar-refractivity contribution in [1.29, 1.82) is 0 Å². The lowest BCUT2D eigenvalue weighted by molar-refractivity contribution is 0.0648. The van der Waals surface area contributed by atoms with E-state index in [1.807, 2.05) is 0 Å². The minimum Gasteiger partial charge on any atom is -0.505 e. The van der Waals surface area contributed by atoms with Gasteiger partial charge in [0.2, 0.25) is 0 Å². The number of hydrogen-bond acceptors (Lipinski definition) is 7. The summed E-state index contributed by atoms with van der Waals surface area (Å²) in [5.41, 5.74) is 0.670. The zero-order valence-electron chi connectivity index (χ0n) is 20.6. The van der Waals surface area contributed by atoms with Gasteiger partial charge in [-0.3, -0.25) is 29.1 Å². The average molecular weight is 531 g/mol. The van der Waals surface area contributed by atoms with Gasteiger partial charge in [0.1, 0.15) is 16.9 Å². The van der Waals surface area contributed by atoms with Crippen molar-refractivity contribution in [2.24, 2.45) is 0 Å². The number of aliphatic hydroxyl groups excluding tert-OH is 1. The van der Waals surface area contributed by atoms with E-state index in [-0.39, 0.29) is 54.2 Å². The highest BCUT2D eigenvalue weighted by Gasteiger charge is 2.35. The Morgan fingerprint density at radius 1 is 0.949 bits per heavy atom. The molecule has 3 heterocycles. The number of halogens is 1. The second kappa shape index (κ2) is 10.5. The second-order valence-electron chi connectivity index (χ2n) is 8.98. The van der Waals surface area contributed by atoms with Crippen molar-refractivity contribution in [3.8, 4) is 5.75 Å². The van der Waals surface area contributed by atoms with Crippen molar-refractivity contribution >= 4 is 28.8 Å². The first-order valence-electron chi connectivity index (χ1n) is 12.1. The van der Waals surface area contributed by atoms with Crippen molar-refractivity contribution in [3.63, 3.8) is 0 Å². The fourth-order valence-electron chi connectivity index (χ4n) is 4.61. The second-order valence-corrected chi connectivity index (χ2v) is 8.98. The maximum absolute atomic E-state index is 13.5. The van der Waals surface area contributed by atoms with Crippen molar-refractivity contribution in [2.45, 2.75) is 13.0 Å².